The zero-order valence-electron chi connectivity index (χ0n) is 7.09. The minimum atomic E-state index is -0.221. The Morgan fingerprint density at radius 3 is 2.54 bits per heavy atom. The molecule has 0 radical (unpaired) electrons. The van der Waals surface area contributed by atoms with Gasteiger partial charge in [0, 0.05) is 12.5 Å². The van der Waals surface area contributed by atoms with Crippen molar-refractivity contribution < 1.29 is 9.18 Å². The molecule has 0 aliphatic carbocycles. The number of halogens is 1. The molecule has 1 heterocycles. The Bertz CT molecular complexity index is 312. The maximum atomic E-state index is 12.5. The molecule has 0 spiro atoms. The third-order valence-corrected chi connectivity index (χ3v) is 2.19. The topological polar surface area (TPSA) is 29.1 Å². The van der Waals surface area contributed by atoms with E-state index in [0.717, 1.165) is 12.0 Å². The van der Waals surface area contributed by atoms with Crippen LogP contribution in [0.4, 0.5) is 4.39 Å². The monoisotopic (exact) mass is 179 g/mol. The first kappa shape index (κ1) is 8.23. The molecule has 2 rings (SSSR count). The van der Waals surface area contributed by atoms with Crippen molar-refractivity contribution in [2.24, 2.45) is 0 Å². The molecule has 13 heavy (non-hydrogen) atoms. The van der Waals surface area contributed by atoms with Gasteiger partial charge < -0.3 is 5.32 Å². The van der Waals surface area contributed by atoms with E-state index in [2.05, 4.69) is 5.32 Å². The van der Waals surface area contributed by atoms with Crippen molar-refractivity contribution in [1.82, 2.24) is 5.32 Å². The van der Waals surface area contributed by atoms with Crippen LogP contribution in [0.5, 0.6) is 0 Å². The fraction of sp³-hybridized carbons (Fsp3) is 0.300. The lowest BCUT2D eigenvalue weighted by atomic mass is 9.98. The van der Waals surface area contributed by atoms with Crippen LogP contribution in [0.25, 0.3) is 0 Å². The number of rotatable bonds is 2. The summed E-state index contributed by atoms with van der Waals surface area (Å²) in [6, 6.07) is 6.63. The lowest BCUT2D eigenvalue weighted by Crippen LogP contribution is -2.49. The molecule has 1 fully saturated rings. The number of nitrogens with one attached hydrogen (secondary N) is 1. The second kappa shape index (κ2) is 3.17. The summed E-state index contributed by atoms with van der Waals surface area (Å²) < 4.78 is 12.5. The summed E-state index contributed by atoms with van der Waals surface area (Å²) >= 11 is 0. The second-order valence-electron chi connectivity index (χ2n) is 3.30. The highest BCUT2D eigenvalue weighted by Gasteiger charge is 2.24. The number of benzene rings is 1. The molecule has 1 saturated heterocycles. The average molecular weight is 179 g/mol. The minimum Gasteiger partial charge on any atom is -0.352 e. The zero-order chi connectivity index (χ0) is 9.26. The highest BCUT2D eigenvalue weighted by atomic mass is 19.1. The second-order valence-corrected chi connectivity index (χ2v) is 3.30. The van der Waals surface area contributed by atoms with Crippen LogP contribution in [0.15, 0.2) is 24.3 Å². The van der Waals surface area contributed by atoms with Crippen LogP contribution in [-0.2, 0) is 11.2 Å². The molecule has 1 aromatic carbocycles. The first-order chi connectivity index (χ1) is 6.24. The van der Waals surface area contributed by atoms with Crippen LogP contribution >= 0.6 is 0 Å². The van der Waals surface area contributed by atoms with E-state index in [1.807, 2.05) is 0 Å². The number of hydrogen-bond donors (Lipinski definition) is 1. The molecule has 1 unspecified atom stereocenters. The number of hydrogen-bond acceptors (Lipinski definition) is 1. The van der Waals surface area contributed by atoms with Crippen LogP contribution in [0.2, 0.25) is 0 Å². The summed E-state index contributed by atoms with van der Waals surface area (Å²) in [7, 11) is 0. The van der Waals surface area contributed by atoms with Gasteiger partial charge in [-0.3, -0.25) is 4.79 Å². The van der Waals surface area contributed by atoms with Gasteiger partial charge in [0.15, 0.2) is 0 Å². The zero-order valence-corrected chi connectivity index (χ0v) is 7.09. The molecule has 1 aromatic rings. The Labute approximate surface area is 75.8 Å². The lowest BCUT2D eigenvalue weighted by Gasteiger charge is -2.26. The molecule has 1 aliphatic heterocycles. The molecule has 68 valence electrons. The van der Waals surface area contributed by atoms with Gasteiger partial charge in [0.05, 0.1) is 0 Å². The van der Waals surface area contributed by atoms with E-state index in [9.17, 15) is 9.18 Å². The van der Waals surface area contributed by atoms with Crippen LogP contribution in [-0.4, -0.2) is 11.9 Å². The first-order valence-electron chi connectivity index (χ1n) is 4.28. The molecule has 0 saturated carbocycles. The van der Waals surface area contributed by atoms with Gasteiger partial charge in [-0.15, -0.1) is 0 Å². The average Bonchev–Trinajstić information content (AvgIpc) is 2.06. The maximum Gasteiger partial charge on any atom is 0.222 e. The van der Waals surface area contributed by atoms with Gasteiger partial charge in [0.25, 0.3) is 0 Å². The Kier molecular flexibility index (Phi) is 2.00. The van der Waals surface area contributed by atoms with Crippen LogP contribution < -0.4 is 5.32 Å². The normalized spacial score (nSPS) is 20.7. The third kappa shape index (κ3) is 1.86. The van der Waals surface area contributed by atoms with Gasteiger partial charge in [-0.1, -0.05) is 12.1 Å². The highest BCUT2D eigenvalue weighted by molar-refractivity contribution is 5.82. The van der Waals surface area contributed by atoms with Crippen molar-refractivity contribution in [1.29, 1.82) is 0 Å². The van der Waals surface area contributed by atoms with Crippen molar-refractivity contribution in [2.45, 2.75) is 18.9 Å². The summed E-state index contributed by atoms with van der Waals surface area (Å²) in [6.07, 6.45) is 1.39. The van der Waals surface area contributed by atoms with E-state index in [4.69, 9.17) is 0 Å². The third-order valence-electron chi connectivity index (χ3n) is 2.19. The molecular formula is C10H10FNO. The van der Waals surface area contributed by atoms with E-state index >= 15 is 0 Å². The van der Waals surface area contributed by atoms with Gasteiger partial charge in [0.2, 0.25) is 5.91 Å². The largest absolute Gasteiger partial charge is 0.352 e. The fourth-order valence-corrected chi connectivity index (χ4v) is 1.46. The van der Waals surface area contributed by atoms with Crippen molar-refractivity contribution in [2.75, 3.05) is 0 Å². The van der Waals surface area contributed by atoms with Crippen molar-refractivity contribution in [3.05, 3.63) is 35.6 Å². The fourth-order valence-electron chi connectivity index (χ4n) is 1.46. The van der Waals surface area contributed by atoms with Gasteiger partial charge in [-0.2, -0.15) is 0 Å². The smallest absolute Gasteiger partial charge is 0.222 e. The highest BCUT2D eigenvalue weighted by Crippen LogP contribution is 2.12. The quantitative estimate of drug-likeness (QED) is 0.680. The van der Waals surface area contributed by atoms with E-state index in [0.29, 0.717) is 6.42 Å². The van der Waals surface area contributed by atoms with Crippen molar-refractivity contribution in [3.63, 3.8) is 0 Å². The Balaban J connectivity index is 1.95. The molecule has 1 atom stereocenters. The summed E-state index contributed by atoms with van der Waals surface area (Å²) in [4.78, 5) is 10.6. The van der Waals surface area contributed by atoms with Gasteiger partial charge in [-0.05, 0) is 24.1 Å². The van der Waals surface area contributed by atoms with Crippen molar-refractivity contribution >= 4 is 5.91 Å². The number of carbonyl (C=O) groups is 1. The number of amides is 1. The van der Waals surface area contributed by atoms with E-state index in [1.165, 1.54) is 12.1 Å². The molecule has 1 aliphatic rings. The standard InChI is InChI=1S/C10H10FNO/c11-8-3-1-7(2-4-8)5-9-6-10(13)12-9/h1-4,9H,5-6H2,(H,12,13). The Morgan fingerprint density at radius 2 is 2.00 bits per heavy atom. The molecular weight excluding hydrogens is 169 g/mol. The molecule has 0 aromatic heterocycles. The van der Waals surface area contributed by atoms with Gasteiger partial charge >= 0.3 is 0 Å². The molecule has 0 bridgehead atoms. The summed E-state index contributed by atoms with van der Waals surface area (Å²) in [5, 5.41) is 2.77. The maximum absolute atomic E-state index is 12.5. The first-order valence-corrected chi connectivity index (χ1v) is 4.28. The van der Waals surface area contributed by atoms with E-state index in [-0.39, 0.29) is 17.8 Å². The summed E-state index contributed by atoms with van der Waals surface area (Å²) in [5.74, 6) is -0.117. The minimum absolute atomic E-state index is 0.104. The molecule has 3 heteroatoms. The SMILES string of the molecule is O=C1CC(Cc2ccc(F)cc2)N1. The molecule has 1 N–H and O–H groups in total. The lowest BCUT2D eigenvalue weighted by molar-refractivity contribution is -0.128. The van der Waals surface area contributed by atoms with Crippen LogP contribution in [0.1, 0.15) is 12.0 Å². The van der Waals surface area contributed by atoms with E-state index < -0.39 is 0 Å². The van der Waals surface area contributed by atoms with Gasteiger partial charge in [-0.25, -0.2) is 4.39 Å². The Morgan fingerprint density at radius 1 is 1.38 bits per heavy atom. The number of β-lactam (4-membered cyclic amide) rings is 1. The van der Waals surface area contributed by atoms with Crippen molar-refractivity contribution in [3.8, 4) is 0 Å². The summed E-state index contributed by atoms with van der Waals surface area (Å²) in [5.41, 5.74) is 1.06. The van der Waals surface area contributed by atoms with Crippen LogP contribution in [0.3, 0.4) is 0 Å². The van der Waals surface area contributed by atoms with E-state index in [1.54, 1.807) is 12.1 Å². The predicted molar refractivity (Wildman–Crippen MR) is 46.7 cm³/mol. The Hall–Kier alpha value is -1.38. The molecule has 2 nitrogen and oxygen atoms in total. The predicted octanol–water partition coefficient (Wildman–Crippen LogP) is 1.26. The number of carbonyl (C=O) groups excluding carboxylic acids is 1. The molecule has 1 amide bonds. The van der Waals surface area contributed by atoms with Crippen LogP contribution in [0, 0.1) is 5.82 Å². The summed E-state index contributed by atoms with van der Waals surface area (Å²) in [6.45, 7) is 0. The van der Waals surface area contributed by atoms with Gasteiger partial charge in [0.1, 0.15) is 5.82 Å².